The second-order valence-corrected chi connectivity index (χ2v) is 3.98. The fourth-order valence-corrected chi connectivity index (χ4v) is 1.86. The smallest absolute Gasteiger partial charge is 0.351 e. The number of ether oxygens (including phenoxy) is 1. The number of nitrogens with one attached hydrogen (secondary N) is 1. The molecule has 2 heterocycles. The molecule has 8 heteroatoms. The molecule has 1 aromatic rings. The van der Waals surface area contributed by atoms with E-state index in [9.17, 15) is 15.0 Å². The van der Waals surface area contributed by atoms with Crippen molar-refractivity contribution in [2.75, 3.05) is 19.0 Å². The Balaban J connectivity index is 2.30. The molecule has 0 saturated carbocycles. The van der Waals surface area contributed by atoms with Gasteiger partial charge in [-0.1, -0.05) is 0 Å². The molecule has 0 bridgehead atoms. The van der Waals surface area contributed by atoms with Crippen LogP contribution in [0.2, 0.25) is 0 Å². The average molecular weight is 257 g/mol. The highest BCUT2D eigenvalue weighted by Crippen LogP contribution is 2.27. The molecule has 1 unspecified atom stereocenters. The van der Waals surface area contributed by atoms with Crippen LogP contribution in [0.15, 0.2) is 17.1 Å². The van der Waals surface area contributed by atoms with Gasteiger partial charge in [0.05, 0.1) is 6.61 Å². The molecule has 1 aromatic heterocycles. The molecule has 0 amide bonds. The first-order chi connectivity index (χ1) is 8.58. The maximum absolute atomic E-state index is 11.7. The molecule has 8 nitrogen and oxygen atoms in total. The third-order valence-corrected chi connectivity index (χ3v) is 2.88. The van der Waals surface area contributed by atoms with Gasteiger partial charge in [0.1, 0.15) is 24.1 Å². The molecule has 4 N–H and O–H groups in total. The largest absolute Gasteiger partial charge is 0.394 e. The first kappa shape index (κ1) is 13.0. The van der Waals surface area contributed by atoms with Crippen molar-refractivity contribution in [1.29, 1.82) is 0 Å². The number of aliphatic hydroxyl groups is 3. The summed E-state index contributed by atoms with van der Waals surface area (Å²) in [6.07, 6.45) is -3.09. The molecule has 2 rings (SSSR count). The number of aromatic nitrogens is 2. The second kappa shape index (κ2) is 5.02. The number of anilines is 1. The minimum Gasteiger partial charge on any atom is -0.394 e. The van der Waals surface area contributed by atoms with Crippen LogP contribution in [-0.4, -0.2) is 56.8 Å². The van der Waals surface area contributed by atoms with E-state index < -0.39 is 36.8 Å². The van der Waals surface area contributed by atoms with Gasteiger partial charge in [-0.05, 0) is 6.07 Å². The van der Waals surface area contributed by atoms with Crippen LogP contribution in [0.4, 0.5) is 5.82 Å². The molecule has 1 aliphatic heterocycles. The fourth-order valence-electron chi connectivity index (χ4n) is 1.86. The van der Waals surface area contributed by atoms with Crippen molar-refractivity contribution in [3.05, 3.63) is 22.7 Å². The van der Waals surface area contributed by atoms with Crippen molar-refractivity contribution in [1.82, 2.24) is 9.55 Å². The van der Waals surface area contributed by atoms with Gasteiger partial charge in [-0.15, -0.1) is 0 Å². The van der Waals surface area contributed by atoms with E-state index in [1.165, 1.54) is 12.3 Å². The summed E-state index contributed by atoms with van der Waals surface area (Å²) < 4.78 is 6.30. The summed E-state index contributed by atoms with van der Waals surface area (Å²) in [6.45, 7) is -0.439. The Morgan fingerprint density at radius 3 is 2.72 bits per heavy atom. The maximum Gasteiger partial charge on any atom is 0.351 e. The normalized spacial score (nSPS) is 31.6. The Kier molecular flexibility index (Phi) is 3.62. The van der Waals surface area contributed by atoms with Gasteiger partial charge >= 0.3 is 5.69 Å². The first-order valence-corrected chi connectivity index (χ1v) is 5.48. The summed E-state index contributed by atoms with van der Waals surface area (Å²) in [7, 11) is 1.62. The molecule has 18 heavy (non-hydrogen) atoms. The summed E-state index contributed by atoms with van der Waals surface area (Å²) >= 11 is 0. The van der Waals surface area contributed by atoms with Crippen LogP contribution in [0.25, 0.3) is 0 Å². The second-order valence-electron chi connectivity index (χ2n) is 3.98. The Labute approximate surface area is 102 Å². The van der Waals surface area contributed by atoms with E-state index >= 15 is 0 Å². The summed E-state index contributed by atoms with van der Waals surface area (Å²) in [5, 5.41) is 31.0. The highest BCUT2D eigenvalue weighted by molar-refractivity contribution is 5.30. The van der Waals surface area contributed by atoms with Gasteiger partial charge in [-0.2, -0.15) is 4.98 Å². The summed E-state index contributed by atoms with van der Waals surface area (Å²) in [5.74, 6) is 0.392. The zero-order chi connectivity index (χ0) is 13.3. The summed E-state index contributed by atoms with van der Waals surface area (Å²) in [6, 6.07) is 1.54. The third-order valence-electron chi connectivity index (χ3n) is 2.88. The quantitative estimate of drug-likeness (QED) is 0.490. The van der Waals surface area contributed by atoms with Gasteiger partial charge in [0, 0.05) is 13.2 Å². The van der Waals surface area contributed by atoms with Crippen molar-refractivity contribution in [3.8, 4) is 0 Å². The van der Waals surface area contributed by atoms with Gasteiger partial charge in [-0.3, -0.25) is 4.57 Å². The van der Waals surface area contributed by atoms with Crippen molar-refractivity contribution < 1.29 is 20.1 Å². The maximum atomic E-state index is 11.7. The SMILES string of the molecule is CNc1ccn([C@@H]2O[C@H](CO)C(O)[C@H]2O)c(=O)n1. The molecule has 100 valence electrons. The lowest BCUT2D eigenvalue weighted by Crippen LogP contribution is -2.36. The van der Waals surface area contributed by atoms with Gasteiger partial charge in [-0.25, -0.2) is 4.79 Å². The van der Waals surface area contributed by atoms with E-state index in [0.717, 1.165) is 4.57 Å². The molecule has 1 aliphatic rings. The Hall–Kier alpha value is -1.48. The van der Waals surface area contributed by atoms with E-state index in [1.807, 2.05) is 0 Å². The zero-order valence-corrected chi connectivity index (χ0v) is 9.72. The summed E-state index contributed by atoms with van der Waals surface area (Å²) in [4.78, 5) is 15.4. The van der Waals surface area contributed by atoms with Crippen LogP contribution < -0.4 is 11.0 Å². The number of hydrogen-bond acceptors (Lipinski definition) is 7. The Morgan fingerprint density at radius 1 is 1.50 bits per heavy atom. The Morgan fingerprint density at radius 2 is 2.22 bits per heavy atom. The predicted octanol–water partition coefficient (Wildman–Crippen LogP) is -2.10. The van der Waals surface area contributed by atoms with Gasteiger partial charge in [0.15, 0.2) is 6.23 Å². The van der Waals surface area contributed by atoms with Crippen LogP contribution >= 0.6 is 0 Å². The lowest BCUT2D eigenvalue weighted by molar-refractivity contribution is -0.0549. The number of hydrogen-bond donors (Lipinski definition) is 4. The molecule has 1 saturated heterocycles. The van der Waals surface area contributed by atoms with Crippen molar-refractivity contribution in [2.24, 2.45) is 0 Å². The Bertz CT molecular complexity index is 477. The minimum atomic E-state index is -1.29. The topological polar surface area (TPSA) is 117 Å². The van der Waals surface area contributed by atoms with Crippen LogP contribution in [0.3, 0.4) is 0 Å². The van der Waals surface area contributed by atoms with Gasteiger partial charge in [0.25, 0.3) is 0 Å². The standard InChI is InChI=1S/C10H15N3O5/c1-11-6-2-3-13(10(17)12-6)9-8(16)7(15)5(4-14)18-9/h2-3,5,7-9,14-16H,4H2,1H3,(H,11,12,17)/t5-,7?,8-,9-/m1/s1. The number of rotatable bonds is 3. The lowest BCUT2D eigenvalue weighted by Gasteiger charge is -2.17. The monoisotopic (exact) mass is 257 g/mol. The summed E-state index contributed by atoms with van der Waals surface area (Å²) in [5.41, 5.74) is -0.614. The number of nitrogens with zero attached hydrogens (tertiary/aromatic N) is 2. The third kappa shape index (κ3) is 2.10. The van der Waals surface area contributed by atoms with Crippen molar-refractivity contribution in [2.45, 2.75) is 24.5 Å². The van der Waals surface area contributed by atoms with E-state index in [1.54, 1.807) is 7.05 Å². The van der Waals surface area contributed by atoms with Gasteiger partial charge < -0.3 is 25.4 Å². The molecular weight excluding hydrogens is 242 g/mol. The van der Waals surface area contributed by atoms with Crippen molar-refractivity contribution >= 4 is 5.82 Å². The van der Waals surface area contributed by atoms with E-state index in [2.05, 4.69) is 10.3 Å². The van der Waals surface area contributed by atoms with Crippen LogP contribution in [0, 0.1) is 0 Å². The predicted molar refractivity (Wildman–Crippen MR) is 61.1 cm³/mol. The van der Waals surface area contributed by atoms with Crippen LogP contribution in [0.1, 0.15) is 6.23 Å². The average Bonchev–Trinajstić information content (AvgIpc) is 2.66. The van der Waals surface area contributed by atoms with Crippen molar-refractivity contribution in [3.63, 3.8) is 0 Å². The molecule has 0 aliphatic carbocycles. The highest BCUT2D eigenvalue weighted by Gasteiger charge is 2.43. The minimum absolute atomic E-state index is 0.392. The first-order valence-electron chi connectivity index (χ1n) is 5.48. The molecule has 0 spiro atoms. The molecule has 0 aromatic carbocycles. The molecule has 1 fully saturated rings. The zero-order valence-electron chi connectivity index (χ0n) is 9.72. The van der Waals surface area contributed by atoms with Gasteiger partial charge in [0.2, 0.25) is 0 Å². The van der Waals surface area contributed by atoms with E-state index in [4.69, 9.17) is 9.84 Å². The van der Waals surface area contributed by atoms with Crippen LogP contribution in [-0.2, 0) is 4.74 Å². The number of aliphatic hydroxyl groups excluding tert-OH is 3. The molecule has 0 radical (unpaired) electrons. The van der Waals surface area contributed by atoms with Crippen LogP contribution in [0.5, 0.6) is 0 Å². The highest BCUT2D eigenvalue weighted by atomic mass is 16.6. The fraction of sp³-hybridized carbons (Fsp3) is 0.600. The lowest BCUT2D eigenvalue weighted by atomic mass is 10.1. The molecular formula is C10H15N3O5. The molecule has 4 atom stereocenters. The van der Waals surface area contributed by atoms with E-state index in [-0.39, 0.29) is 0 Å². The van der Waals surface area contributed by atoms with E-state index in [0.29, 0.717) is 5.82 Å².